The molecule has 0 aromatic heterocycles. The fourth-order valence-electron chi connectivity index (χ4n) is 1.02. The molecule has 1 unspecified atom stereocenters. The maximum Gasteiger partial charge on any atom is 0.573 e. The van der Waals surface area contributed by atoms with Crippen molar-refractivity contribution in [2.75, 3.05) is 0 Å². The Morgan fingerprint density at radius 1 is 1.44 bits per heavy atom. The van der Waals surface area contributed by atoms with Crippen LogP contribution < -0.4 is 9.47 Å². The molecule has 18 heavy (non-hydrogen) atoms. The molecule has 0 amide bonds. The molecule has 0 spiro atoms. The van der Waals surface area contributed by atoms with Crippen molar-refractivity contribution in [2.24, 2.45) is 0 Å². The van der Waals surface area contributed by atoms with E-state index >= 15 is 0 Å². The van der Waals surface area contributed by atoms with E-state index in [0.717, 1.165) is 6.07 Å². The molecule has 1 aromatic rings. The molecule has 0 fully saturated rings. The van der Waals surface area contributed by atoms with Crippen LogP contribution in [0.3, 0.4) is 0 Å². The highest BCUT2D eigenvalue weighted by molar-refractivity contribution is 9.10. The summed E-state index contributed by atoms with van der Waals surface area (Å²) in [6.07, 6.45) is -5.90. The average Bonchev–Trinajstić information content (AvgIpc) is 2.20. The van der Waals surface area contributed by atoms with Gasteiger partial charge in [0.15, 0.2) is 6.10 Å². The molecule has 4 nitrogen and oxygen atoms in total. The highest BCUT2D eigenvalue weighted by atomic mass is 79.9. The van der Waals surface area contributed by atoms with Crippen molar-refractivity contribution in [1.29, 1.82) is 0 Å². The Hall–Kier alpha value is -1.44. The second-order valence-electron chi connectivity index (χ2n) is 3.24. The van der Waals surface area contributed by atoms with E-state index in [2.05, 4.69) is 20.7 Å². The number of halogens is 4. The Labute approximate surface area is 108 Å². The summed E-state index contributed by atoms with van der Waals surface area (Å²) in [5.74, 6) is -1.49. The summed E-state index contributed by atoms with van der Waals surface area (Å²) in [4.78, 5) is 10.5. The standard InChI is InChI=1S/C10H8BrF3O4/c1-5(9(15)16)17-6-2-3-8(7(11)4-6)18-10(12,13)14/h2-5H,1H3,(H,15,16). The van der Waals surface area contributed by atoms with Gasteiger partial charge in [-0.3, -0.25) is 0 Å². The van der Waals surface area contributed by atoms with E-state index in [1.165, 1.54) is 19.1 Å². The van der Waals surface area contributed by atoms with Crippen LogP contribution in [0.25, 0.3) is 0 Å². The zero-order valence-corrected chi connectivity index (χ0v) is 10.6. The van der Waals surface area contributed by atoms with Crippen molar-refractivity contribution in [3.63, 3.8) is 0 Å². The topological polar surface area (TPSA) is 55.8 Å². The number of aliphatic carboxylic acids is 1. The molecule has 1 atom stereocenters. The smallest absolute Gasteiger partial charge is 0.479 e. The molecule has 0 aliphatic heterocycles. The van der Waals surface area contributed by atoms with Crippen molar-refractivity contribution in [3.05, 3.63) is 22.7 Å². The average molecular weight is 329 g/mol. The highest BCUT2D eigenvalue weighted by Crippen LogP contribution is 2.33. The Bertz CT molecular complexity index is 447. The molecule has 1 N–H and O–H groups in total. The highest BCUT2D eigenvalue weighted by Gasteiger charge is 2.32. The third-order valence-electron chi connectivity index (χ3n) is 1.79. The number of carboxylic acids is 1. The zero-order valence-electron chi connectivity index (χ0n) is 8.99. The van der Waals surface area contributed by atoms with Crippen molar-refractivity contribution in [2.45, 2.75) is 19.4 Å². The van der Waals surface area contributed by atoms with Gasteiger partial charge in [0.05, 0.1) is 4.47 Å². The van der Waals surface area contributed by atoms with Gasteiger partial charge in [0.2, 0.25) is 0 Å². The van der Waals surface area contributed by atoms with Crippen molar-refractivity contribution in [3.8, 4) is 11.5 Å². The van der Waals surface area contributed by atoms with E-state index in [9.17, 15) is 18.0 Å². The zero-order chi connectivity index (χ0) is 13.9. The molecule has 0 saturated heterocycles. The fourth-order valence-corrected chi connectivity index (χ4v) is 1.46. The first-order valence-corrected chi connectivity index (χ1v) is 5.43. The molecular weight excluding hydrogens is 321 g/mol. The number of ether oxygens (including phenoxy) is 2. The van der Waals surface area contributed by atoms with Crippen molar-refractivity contribution < 1.29 is 32.5 Å². The van der Waals surface area contributed by atoms with Gasteiger partial charge in [-0.2, -0.15) is 0 Å². The molecule has 0 saturated carbocycles. The maximum absolute atomic E-state index is 12.0. The number of hydrogen-bond donors (Lipinski definition) is 1. The van der Waals surface area contributed by atoms with E-state index in [-0.39, 0.29) is 10.2 Å². The Kier molecular flexibility index (Phi) is 4.44. The van der Waals surface area contributed by atoms with E-state index in [1.54, 1.807) is 0 Å². The third-order valence-corrected chi connectivity index (χ3v) is 2.41. The van der Waals surface area contributed by atoms with Crippen LogP contribution in [-0.2, 0) is 4.79 Å². The van der Waals surface area contributed by atoms with Gasteiger partial charge in [0.1, 0.15) is 11.5 Å². The second-order valence-corrected chi connectivity index (χ2v) is 4.09. The maximum atomic E-state index is 12.0. The number of carbonyl (C=O) groups is 1. The normalized spacial score (nSPS) is 12.9. The number of benzene rings is 1. The number of carboxylic acid groups (broad SMARTS) is 1. The SMILES string of the molecule is CC(Oc1ccc(OC(F)(F)F)c(Br)c1)C(=O)O. The van der Waals surface area contributed by atoms with E-state index < -0.39 is 24.2 Å². The van der Waals surface area contributed by atoms with Gasteiger partial charge in [-0.1, -0.05) is 0 Å². The van der Waals surface area contributed by atoms with Gasteiger partial charge in [-0.25, -0.2) is 4.79 Å². The van der Waals surface area contributed by atoms with Gasteiger partial charge in [-0.05, 0) is 41.1 Å². The van der Waals surface area contributed by atoms with Crippen molar-refractivity contribution in [1.82, 2.24) is 0 Å². The minimum atomic E-state index is -4.79. The lowest BCUT2D eigenvalue weighted by Crippen LogP contribution is -2.23. The van der Waals surface area contributed by atoms with E-state index in [0.29, 0.717) is 0 Å². The van der Waals surface area contributed by atoms with Crippen LogP contribution in [0.15, 0.2) is 22.7 Å². The molecule has 0 aliphatic rings. The minimum Gasteiger partial charge on any atom is -0.479 e. The third kappa shape index (κ3) is 4.44. The van der Waals surface area contributed by atoms with Crippen LogP contribution in [-0.4, -0.2) is 23.5 Å². The molecule has 1 aromatic carbocycles. The molecule has 0 radical (unpaired) electrons. The number of rotatable bonds is 4. The predicted molar refractivity (Wildman–Crippen MR) is 58.6 cm³/mol. The molecule has 100 valence electrons. The van der Waals surface area contributed by atoms with Crippen LogP contribution in [0.2, 0.25) is 0 Å². The lowest BCUT2D eigenvalue weighted by atomic mass is 10.3. The number of hydrogen-bond acceptors (Lipinski definition) is 3. The molecule has 1 rings (SSSR count). The van der Waals surface area contributed by atoms with Crippen LogP contribution in [0.5, 0.6) is 11.5 Å². The summed E-state index contributed by atoms with van der Waals surface area (Å²) in [5, 5.41) is 8.61. The van der Waals surface area contributed by atoms with Gasteiger partial charge in [0.25, 0.3) is 0 Å². The lowest BCUT2D eigenvalue weighted by Gasteiger charge is -2.13. The largest absolute Gasteiger partial charge is 0.573 e. The van der Waals surface area contributed by atoms with E-state index in [1.807, 2.05) is 0 Å². The van der Waals surface area contributed by atoms with Crippen LogP contribution in [0.4, 0.5) is 13.2 Å². The van der Waals surface area contributed by atoms with Crippen LogP contribution >= 0.6 is 15.9 Å². The van der Waals surface area contributed by atoms with Crippen LogP contribution in [0, 0.1) is 0 Å². The second kappa shape index (κ2) is 5.47. The first-order valence-electron chi connectivity index (χ1n) is 4.64. The first kappa shape index (κ1) is 14.6. The number of alkyl halides is 3. The summed E-state index contributed by atoms with van der Waals surface area (Å²) >= 11 is 2.87. The monoisotopic (exact) mass is 328 g/mol. The van der Waals surface area contributed by atoms with Gasteiger partial charge >= 0.3 is 12.3 Å². The van der Waals surface area contributed by atoms with Gasteiger partial charge < -0.3 is 14.6 Å². The molecule has 0 aliphatic carbocycles. The molecule has 0 heterocycles. The lowest BCUT2D eigenvalue weighted by molar-refractivity contribution is -0.274. The van der Waals surface area contributed by atoms with Gasteiger partial charge in [-0.15, -0.1) is 13.2 Å². The predicted octanol–water partition coefficient (Wildman–Crippen LogP) is 3.20. The first-order chi connectivity index (χ1) is 8.19. The quantitative estimate of drug-likeness (QED) is 0.922. The summed E-state index contributed by atoms with van der Waals surface area (Å²) < 4.78 is 44.7. The van der Waals surface area contributed by atoms with E-state index in [4.69, 9.17) is 9.84 Å². The van der Waals surface area contributed by atoms with Crippen molar-refractivity contribution >= 4 is 21.9 Å². The fraction of sp³-hybridized carbons (Fsp3) is 0.300. The molecule has 8 heteroatoms. The van der Waals surface area contributed by atoms with Crippen LogP contribution in [0.1, 0.15) is 6.92 Å². The molecular formula is C10H8BrF3O4. The summed E-state index contributed by atoms with van der Waals surface area (Å²) in [6.45, 7) is 1.30. The summed E-state index contributed by atoms with van der Waals surface area (Å²) in [5.41, 5.74) is 0. The Balaban J connectivity index is 2.83. The minimum absolute atomic E-state index is 0.00918. The molecule has 0 bridgehead atoms. The summed E-state index contributed by atoms with van der Waals surface area (Å²) in [7, 11) is 0. The summed E-state index contributed by atoms with van der Waals surface area (Å²) in [6, 6.07) is 3.41. The van der Waals surface area contributed by atoms with Gasteiger partial charge in [0, 0.05) is 0 Å². The Morgan fingerprint density at radius 3 is 2.50 bits per heavy atom. The Morgan fingerprint density at radius 2 is 2.06 bits per heavy atom.